The van der Waals surface area contributed by atoms with Gasteiger partial charge >= 0.3 is 7.12 Å². The molecule has 2 fully saturated rings. The summed E-state index contributed by atoms with van der Waals surface area (Å²) in [5.74, 6) is 0.771. The van der Waals surface area contributed by atoms with Crippen molar-refractivity contribution < 1.29 is 18.8 Å². The number of benzene rings is 5. The summed E-state index contributed by atoms with van der Waals surface area (Å²) >= 11 is 0. The number of rotatable bonds is 12. The summed E-state index contributed by atoms with van der Waals surface area (Å²) in [5.41, 5.74) is 5.80. The van der Waals surface area contributed by atoms with Crippen molar-refractivity contribution >= 4 is 7.12 Å². The topological polar surface area (TPSA) is 36.9 Å². The van der Waals surface area contributed by atoms with Gasteiger partial charge in [0, 0.05) is 5.82 Å². The first-order valence-corrected chi connectivity index (χ1v) is 15.6. The number of ether oxygens (including phenoxy) is 2. The Bertz CT molecular complexity index is 1400. The maximum atomic E-state index is 6.70. The molecule has 0 radical (unpaired) electrons. The fourth-order valence-electron chi connectivity index (χ4n) is 6.31. The first-order valence-electron chi connectivity index (χ1n) is 15.6. The second kappa shape index (κ2) is 13.8. The third-order valence-electron chi connectivity index (χ3n) is 8.71. The second-order valence-corrected chi connectivity index (χ2v) is 11.7. The maximum Gasteiger partial charge on any atom is 0.461 e. The lowest BCUT2D eigenvalue weighted by atomic mass is 9.80. The predicted octanol–water partition coefficient (Wildman–Crippen LogP) is 8.43. The molecule has 5 heteroatoms. The average molecular weight is 581 g/mol. The third-order valence-corrected chi connectivity index (χ3v) is 8.71. The molecule has 220 valence electrons. The maximum absolute atomic E-state index is 6.70. The van der Waals surface area contributed by atoms with Gasteiger partial charge in [0.05, 0.1) is 25.4 Å². The van der Waals surface area contributed by atoms with E-state index in [2.05, 4.69) is 127 Å². The van der Waals surface area contributed by atoms with E-state index < -0.39 is 0 Å². The second-order valence-electron chi connectivity index (χ2n) is 11.7. The van der Waals surface area contributed by atoms with Crippen LogP contribution in [0.5, 0.6) is 0 Å². The summed E-state index contributed by atoms with van der Waals surface area (Å²) in [6.45, 7) is 0.784. The zero-order valence-corrected chi connectivity index (χ0v) is 24.7. The summed E-state index contributed by atoms with van der Waals surface area (Å²) in [5, 5.41) is 0. The van der Waals surface area contributed by atoms with Gasteiger partial charge in [0.25, 0.3) is 0 Å². The van der Waals surface area contributed by atoms with Crippen LogP contribution in [0.1, 0.15) is 52.4 Å². The molecule has 4 nitrogen and oxygen atoms in total. The van der Waals surface area contributed by atoms with Crippen LogP contribution in [-0.4, -0.2) is 32.5 Å². The molecule has 44 heavy (non-hydrogen) atoms. The van der Waals surface area contributed by atoms with Gasteiger partial charge < -0.3 is 18.8 Å². The zero-order valence-electron chi connectivity index (χ0n) is 24.7. The molecule has 5 aromatic carbocycles. The van der Waals surface area contributed by atoms with Gasteiger partial charge in [-0.2, -0.15) is 0 Å². The Hall–Kier alpha value is -4.00. The van der Waals surface area contributed by atoms with Crippen molar-refractivity contribution in [1.82, 2.24) is 0 Å². The molecular formula is C39H37BO4. The Morgan fingerprint density at radius 3 is 1.20 bits per heavy atom. The van der Waals surface area contributed by atoms with Crippen LogP contribution in [0.2, 0.25) is 5.82 Å². The predicted molar refractivity (Wildman–Crippen MR) is 174 cm³/mol. The van der Waals surface area contributed by atoms with Gasteiger partial charge in [-0.15, -0.1) is 0 Å². The molecule has 0 spiro atoms. The van der Waals surface area contributed by atoms with Crippen LogP contribution < -0.4 is 0 Å². The van der Waals surface area contributed by atoms with Crippen molar-refractivity contribution in [2.45, 2.75) is 42.6 Å². The molecule has 0 N–H and O–H groups in total. The molecular weight excluding hydrogens is 543 g/mol. The largest absolute Gasteiger partial charge is 0.461 e. The standard InChI is InChI=1S/C39H37BO4/c1-6-16-29(17-7-1)34-26-35(34)40-43-36(27-41-38(30-18-8-2-9-19-30)31-20-10-3-11-21-31)37(44-40)28-42-39(32-22-12-4-13-23-32)33-24-14-5-15-25-33/h1-25,34-39H,26-28H2/t34-,35+,36+,37+/m0/s1. The van der Waals surface area contributed by atoms with Crippen LogP contribution in [0.3, 0.4) is 0 Å². The lowest BCUT2D eigenvalue weighted by Gasteiger charge is -2.25. The Morgan fingerprint density at radius 1 is 0.500 bits per heavy atom. The Balaban J connectivity index is 1.11. The fraction of sp³-hybridized carbons (Fsp3) is 0.231. The van der Waals surface area contributed by atoms with E-state index in [0.717, 1.165) is 28.7 Å². The zero-order chi connectivity index (χ0) is 29.6. The van der Waals surface area contributed by atoms with E-state index in [-0.39, 0.29) is 31.5 Å². The minimum atomic E-state index is -0.291. The first-order chi connectivity index (χ1) is 21.8. The van der Waals surface area contributed by atoms with E-state index in [4.69, 9.17) is 18.8 Å². The summed E-state index contributed by atoms with van der Waals surface area (Å²) in [7, 11) is -0.291. The van der Waals surface area contributed by atoms with E-state index in [1.54, 1.807) is 0 Å². The van der Waals surface area contributed by atoms with Gasteiger partial charge in [-0.05, 0) is 40.2 Å². The molecule has 1 saturated carbocycles. The van der Waals surface area contributed by atoms with E-state index in [1.807, 2.05) is 24.3 Å². The fourth-order valence-corrected chi connectivity index (χ4v) is 6.31. The smallest absolute Gasteiger partial charge is 0.403 e. The minimum absolute atomic E-state index is 0.207. The minimum Gasteiger partial charge on any atom is -0.403 e. The lowest BCUT2D eigenvalue weighted by molar-refractivity contribution is -0.0321. The van der Waals surface area contributed by atoms with Gasteiger partial charge in [-0.1, -0.05) is 152 Å². The van der Waals surface area contributed by atoms with Gasteiger partial charge in [0.1, 0.15) is 12.2 Å². The van der Waals surface area contributed by atoms with E-state index in [0.29, 0.717) is 24.9 Å². The summed E-state index contributed by atoms with van der Waals surface area (Å²) in [6.07, 6.45) is 0.114. The summed E-state index contributed by atoms with van der Waals surface area (Å²) < 4.78 is 26.8. The highest BCUT2D eigenvalue weighted by atomic mass is 16.7. The molecule has 1 aliphatic heterocycles. The van der Waals surface area contributed by atoms with E-state index >= 15 is 0 Å². The van der Waals surface area contributed by atoms with Crippen molar-refractivity contribution in [3.63, 3.8) is 0 Å². The normalized spacial score (nSPS) is 21.2. The highest BCUT2D eigenvalue weighted by Crippen LogP contribution is 2.56. The molecule has 2 aliphatic rings. The number of hydrogen-bond donors (Lipinski definition) is 0. The molecule has 0 aromatic heterocycles. The van der Waals surface area contributed by atoms with Crippen molar-refractivity contribution in [2.75, 3.05) is 13.2 Å². The molecule has 0 unspecified atom stereocenters. The Morgan fingerprint density at radius 2 is 0.841 bits per heavy atom. The van der Waals surface area contributed by atoms with Crippen LogP contribution in [-0.2, 0) is 18.8 Å². The molecule has 1 saturated heterocycles. The quantitative estimate of drug-likeness (QED) is 0.139. The molecule has 0 amide bonds. The van der Waals surface area contributed by atoms with E-state index in [1.165, 1.54) is 5.56 Å². The molecule has 0 bridgehead atoms. The van der Waals surface area contributed by atoms with Crippen molar-refractivity contribution in [3.05, 3.63) is 179 Å². The first kappa shape index (κ1) is 28.8. The summed E-state index contributed by atoms with van der Waals surface area (Å²) in [4.78, 5) is 0. The van der Waals surface area contributed by atoms with Gasteiger partial charge in [-0.25, -0.2) is 0 Å². The van der Waals surface area contributed by atoms with Crippen molar-refractivity contribution in [1.29, 1.82) is 0 Å². The Labute approximate surface area is 260 Å². The third kappa shape index (κ3) is 6.72. The van der Waals surface area contributed by atoms with E-state index in [9.17, 15) is 0 Å². The van der Waals surface area contributed by atoms with Gasteiger partial charge in [0.2, 0.25) is 0 Å². The number of hydrogen-bond acceptors (Lipinski definition) is 4. The van der Waals surface area contributed by atoms with Crippen LogP contribution >= 0.6 is 0 Å². The van der Waals surface area contributed by atoms with Crippen molar-refractivity contribution in [3.8, 4) is 0 Å². The van der Waals surface area contributed by atoms with Crippen LogP contribution in [0.25, 0.3) is 0 Å². The highest BCUT2D eigenvalue weighted by Gasteiger charge is 2.55. The SMILES string of the molecule is c1ccc(C(OC[C@H]2OB([C@@H]3C[C@H]3c3ccccc3)O[C@@H]2COC(c2ccccc2)c2ccccc2)c2ccccc2)cc1. The highest BCUT2D eigenvalue weighted by molar-refractivity contribution is 6.48. The average Bonchev–Trinajstić information content (AvgIpc) is 3.81. The monoisotopic (exact) mass is 580 g/mol. The van der Waals surface area contributed by atoms with Crippen molar-refractivity contribution in [2.24, 2.45) is 0 Å². The van der Waals surface area contributed by atoms with Crippen LogP contribution in [0.4, 0.5) is 0 Å². The van der Waals surface area contributed by atoms with Crippen LogP contribution in [0, 0.1) is 0 Å². The Kier molecular flexibility index (Phi) is 8.99. The molecule has 5 aromatic rings. The lowest BCUT2D eigenvalue weighted by Crippen LogP contribution is -2.33. The van der Waals surface area contributed by atoms with Gasteiger partial charge in [0.15, 0.2) is 0 Å². The van der Waals surface area contributed by atoms with Crippen LogP contribution in [0.15, 0.2) is 152 Å². The molecule has 4 atom stereocenters. The molecule has 1 heterocycles. The molecule has 7 rings (SSSR count). The summed E-state index contributed by atoms with van der Waals surface area (Å²) in [6, 6.07) is 52.2. The van der Waals surface area contributed by atoms with Gasteiger partial charge in [-0.3, -0.25) is 0 Å². The molecule has 1 aliphatic carbocycles.